The molecule has 1 aliphatic rings. The van der Waals surface area contributed by atoms with Crippen LogP contribution in [0.5, 0.6) is 0 Å². The van der Waals surface area contributed by atoms with Crippen LogP contribution in [0, 0.1) is 5.92 Å². The topological polar surface area (TPSA) is 52.0 Å². The molecule has 0 amide bonds. The van der Waals surface area contributed by atoms with E-state index in [1.54, 1.807) is 6.33 Å². The molecule has 6 heteroatoms. The quantitative estimate of drug-likeness (QED) is 0.811. The minimum absolute atomic E-state index is 0.0194. The summed E-state index contributed by atoms with van der Waals surface area (Å²) in [6.45, 7) is 7.51. The zero-order chi connectivity index (χ0) is 13.7. The van der Waals surface area contributed by atoms with Gasteiger partial charge in [0.2, 0.25) is 0 Å². The van der Waals surface area contributed by atoms with E-state index in [-0.39, 0.29) is 5.54 Å². The molecule has 1 aliphatic heterocycles. The van der Waals surface area contributed by atoms with Crippen molar-refractivity contribution in [3.05, 3.63) is 12.2 Å². The number of ether oxygens (including phenoxy) is 1. The van der Waals surface area contributed by atoms with E-state index in [1.807, 2.05) is 4.68 Å². The van der Waals surface area contributed by atoms with Gasteiger partial charge >= 0.3 is 0 Å². The molecule has 0 saturated carbocycles. The summed E-state index contributed by atoms with van der Waals surface area (Å²) in [6, 6.07) is 0. The highest BCUT2D eigenvalue weighted by molar-refractivity contribution is 6.18. The molecule has 1 aromatic rings. The average Bonchev–Trinajstić information content (AvgIpc) is 2.84. The van der Waals surface area contributed by atoms with Gasteiger partial charge in [-0.2, -0.15) is 5.10 Å². The minimum atomic E-state index is -0.0194. The standard InChI is InChI=1S/C13H23ClN4O/c1-11(2)8-18-12(15-10-17-18)7-16-13(9-14)3-5-19-6-4-13/h10-11,16H,3-9H2,1-2H3. The van der Waals surface area contributed by atoms with Crippen molar-refractivity contribution in [1.29, 1.82) is 0 Å². The van der Waals surface area contributed by atoms with Crippen molar-refractivity contribution < 1.29 is 4.74 Å². The molecule has 5 nitrogen and oxygen atoms in total. The lowest BCUT2D eigenvalue weighted by Gasteiger charge is -2.36. The van der Waals surface area contributed by atoms with Crippen molar-refractivity contribution in [2.75, 3.05) is 19.1 Å². The van der Waals surface area contributed by atoms with Crippen LogP contribution in [-0.4, -0.2) is 39.4 Å². The minimum Gasteiger partial charge on any atom is -0.381 e. The first-order valence-electron chi connectivity index (χ1n) is 6.91. The van der Waals surface area contributed by atoms with E-state index in [0.29, 0.717) is 18.3 Å². The van der Waals surface area contributed by atoms with Crippen molar-refractivity contribution in [3.8, 4) is 0 Å². The molecule has 1 saturated heterocycles. The third-order valence-electron chi connectivity index (χ3n) is 3.56. The van der Waals surface area contributed by atoms with Crippen LogP contribution in [0.2, 0.25) is 0 Å². The summed E-state index contributed by atoms with van der Waals surface area (Å²) in [6.07, 6.45) is 3.53. The van der Waals surface area contributed by atoms with Crippen LogP contribution < -0.4 is 5.32 Å². The second kappa shape index (κ2) is 6.68. The first-order valence-corrected chi connectivity index (χ1v) is 7.44. The SMILES string of the molecule is CC(C)Cn1ncnc1CNC1(CCl)CCOCC1. The van der Waals surface area contributed by atoms with Crippen LogP contribution in [0.3, 0.4) is 0 Å². The Labute approximate surface area is 119 Å². The average molecular weight is 287 g/mol. The summed E-state index contributed by atoms with van der Waals surface area (Å²) in [7, 11) is 0. The Hall–Kier alpha value is -0.650. The number of aromatic nitrogens is 3. The molecule has 0 aromatic carbocycles. The highest BCUT2D eigenvalue weighted by atomic mass is 35.5. The fourth-order valence-electron chi connectivity index (χ4n) is 2.31. The molecule has 0 unspecified atom stereocenters. The molecule has 1 N–H and O–H groups in total. The number of hydrogen-bond donors (Lipinski definition) is 1. The van der Waals surface area contributed by atoms with Gasteiger partial charge in [0.15, 0.2) is 0 Å². The largest absolute Gasteiger partial charge is 0.381 e. The second-order valence-electron chi connectivity index (χ2n) is 5.63. The fourth-order valence-corrected chi connectivity index (χ4v) is 2.67. The molecule has 2 rings (SSSR count). The number of alkyl halides is 1. The Bertz CT molecular complexity index is 388. The first kappa shape index (κ1) is 14.8. The van der Waals surface area contributed by atoms with Crippen LogP contribution >= 0.6 is 11.6 Å². The lowest BCUT2D eigenvalue weighted by atomic mass is 9.92. The fraction of sp³-hybridized carbons (Fsp3) is 0.846. The highest BCUT2D eigenvalue weighted by Gasteiger charge is 2.31. The van der Waals surface area contributed by atoms with E-state index in [9.17, 15) is 0 Å². The molecule has 2 heterocycles. The molecule has 1 fully saturated rings. The van der Waals surface area contributed by atoms with E-state index in [1.165, 1.54) is 0 Å². The summed E-state index contributed by atoms with van der Waals surface area (Å²) in [5.41, 5.74) is -0.0194. The van der Waals surface area contributed by atoms with E-state index >= 15 is 0 Å². The number of rotatable bonds is 6. The summed E-state index contributed by atoms with van der Waals surface area (Å²) in [4.78, 5) is 4.33. The Morgan fingerprint density at radius 1 is 1.47 bits per heavy atom. The zero-order valence-corrected chi connectivity index (χ0v) is 12.5. The van der Waals surface area contributed by atoms with Crippen molar-refractivity contribution >= 4 is 11.6 Å². The zero-order valence-electron chi connectivity index (χ0n) is 11.7. The summed E-state index contributed by atoms with van der Waals surface area (Å²) < 4.78 is 7.38. The third-order valence-corrected chi connectivity index (χ3v) is 4.07. The van der Waals surface area contributed by atoms with Crippen molar-refractivity contribution in [2.45, 2.75) is 45.3 Å². The maximum atomic E-state index is 6.14. The maximum absolute atomic E-state index is 6.14. The van der Waals surface area contributed by atoms with Crippen molar-refractivity contribution in [2.24, 2.45) is 5.92 Å². The maximum Gasteiger partial charge on any atom is 0.140 e. The number of hydrogen-bond acceptors (Lipinski definition) is 4. The van der Waals surface area contributed by atoms with Crippen LogP contribution in [0.4, 0.5) is 0 Å². The Kier molecular flexibility index (Phi) is 5.19. The molecule has 1 aromatic heterocycles. The van der Waals surface area contributed by atoms with Crippen molar-refractivity contribution in [1.82, 2.24) is 20.1 Å². The lowest BCUT2D eigenvalue weighted by Crippen LogP contribution is -2.50. The molecule has 0 atom stereocenters. The van der Waals surface area contributed by atoms with Gasteiger partial charge < -0.3 is 10.1 Å². The third kappa shape index (κ3) is 3.91. The van der Waals surface area contributed by atoms with Gasteiger partial charge in [0, 0.05) is 31.2 Å². The molecule has 0 bridgehead atoms. The Morgan fingerprint density at radius 2 is 2.21 bits per heavy atom. The van der Waals surface area contributed by atoms with Gasteiger partial charge in [-0.15, -0.1) is 11.6 Å². The van der Waals surface area contributed by atoms with E-state index in [2.05, 4.69) is 29.2 Å². The number of halogens is 1. The predicted molar refractivity (Wildman–Crippen MR) is 75.2 cm³/mol. The molecular formula is C13H23ClN4O. The number of nitrogens with zero attached hydrogens (tertiary/aromatic N) is 3. The molecule has 108 valence electrons. The van der Waals surface area contributed by atoms with Gasteiger partial charge in [-0.25, -0.2) is 9.67 Å². The highest BCUT2D eigenvalue weighted by Crippen LogP contribution is 2.22. The van der Waals surface area contributed by atoms with Crippen LogP contribution in [0.1, 0.15) is 32.5 Å². The predicted octanol–water partition coefficient (Wildman–Crippen LogP) is 1.81. The van der Waals surface area contributed by atoms with Gasteiger partial charge in [0.05, 0.1) is 6.54 Å². The number of nitrogens with one attached hydrogen (secondary N) is 1. The van der Waals surface area contributed by atoms with Crippen LogP contribution in [-0.2, 0) is 17.8 Å². The second-order valence-corrected chi connectivity index (χ2v) is 5.90. The van der Waals surface area contributed by atoms with Crippen molar-refractivity contribution in [3.63, 3.8) is 0 Å². The lowest BCUT2D eigenvalue weighted by molar-refractivity contribution is 0.0455. The van der Waals surface area contributed by atoms with Gasteiger partial charge in [0.25, 0.3) is 0 Å². The van der Waals surface area contributed by atoms with Crippen LogP contribution in [0.25, 0.3) is 0 Å². The van der Waals surface area contributed by atoms with Gasteiger partial charge in [-0.1, -0.05) is 13.8 Å². The van der Waals surface area contributed by atoms with E-state index in [0.717, 1.165) is 38.4 Å². The first-order chi connectivity index (χ1) is 9.15. The molecule has 0 radical (unpaired) electrons. The Morgan fingerprint density at radius 3 is 2.84 bits per heavy atom. The van der Waals surface area contributed by atoms with Crippen LogP contribution in [0.15, 0.2) is 6.33 Å². The molecule has 0 spiro atoms. The monoisotopic (exact) mass is 286 g/mol. The van der Waals surface area contributed by atoms with Gasteiger partial charge in [0.1, 0.15) is 12.2 Å². The molecular weight excluding hydrogens is 264 g/mol. The van der Waals surface area contributed by atoms with Gasteiger partial charge in [-0.05, 0) is 18.8 Å². The Balaban J connectivity index is 1.95. The summed E-state index contributed by atoms with van der Waals surface area (Å²) in [5, 5.41) is 7.84. The smallest absolute Gasteiger partial charge is 0.140 e. The van der Waals surface area contributed by atoms with Gasteiger partial charge in [-0.3, -0.25) is 0 Å². The van der Waals surface area contributed by atoms with E-state index < -0.39 is 0 Å². The summed E-state index contributed by atoms with van der Waals surface area (Å²) in [5.74, 6) is 2.14. The molecule has 0 aliphatic carbocycles. The normalized spacial score (nSPS) is 18.9. The molecule has 19 heavy (non-hydrogen) atoms. The van der Waals surface area contributed by atoms with E-state index in [4.69, 9.17) is 16.3 Å². The summed E-state index contributed by atoms with van der Waals surface area (Å²) >= 11 is 6.14.